The lowest BCUT2D eigenvalue weighted by atomic mass is 9.80. The molecule has 4 nitrogen and oxygen atoms in total. The Morgan fingerprint density at radius 1 is 1.00 bits per heavy atom. The lowest BCUT2D eigenvalue weighted by molar-refractivity contribution is 0.426. The second kappa shape index (κ2) is 4.65. The molecule has 86 valence electrons. The van der Waals surface area contributed by atoms with E-state index in [0.717, 1.165) is 22.8 Å². The van der Waals surface area contributed by atoms with Gasteiger partial charge < -0.3 is 10.0 Å². The van der Waals surface area contributed by atoms with Crippen LogP contribution in [0.3, 0.4) is 0 Å². The highest BCUT2D eigenvalue weighted by atomic mass is 16.4. The predicted octanol–water partition coefficient (Wildman–Crippen LogP) is 0.440. The second-order valence-corrected chi connectivity index (χ2v) is 3.94. The Kier molecular flexibility index (Phi) is 3.22. The third-order valence-electron chi connectivity index (χ3n) is 2.47. The van der Waals surface area contributed by atoms with Gasteiger partial charge in [-0.2, -0.15) is 0 Å². The van der Waals surface area contributed by atoms with Crippen molar-refractivity contribution in [3.05, 3.63) is 41.9 Å². The summed E-state index contributed by atoms with van der Waals surface area (Å²) in [7, 11) is -1.43. The third kappa shape index (κ3) is 2.69. The fourth-order valence-corrected chi connectivity index (χ4v) is 1.69. The molecule has 0 fully saturated rings. The molecule has 1 heterocycles. The molecule has 2 aromatic rings. The molecule has 0 spiro atoms. The number of aryl methyl sites for hydroxylation is 2. The van der Waals surface area contributed by atoms with E-state index in [1.54, 1.807) is 12.1 Å². The Balaban J connectivity index is 2.39. The van der Waals surface area contributed by atoms with Gasteiger partial charge in [-0.3, -0.25) is 0 Å². The fraction of sp³-hybridized carbons (Fsp3) is 0.167. The molecule has 0 atom stereocenters. The van der Waals surface area contributed by atoms with Crippen molar-refractivity contribution in [1.82, 2.24) is 9.97 Å². The Hall–Kier alpha value is -1.72. The number of hydrogen-bond donors (Lipinski definition) is 2. The average molecular weight is 228 g/mol. The maximum absolute atomic E-state index is 9.00. The molecule has 0 aliphatic rings. The lowest BCUT2D eigenvalue weighted by Gasteiger charge is -2.05. The maximum Gasteiger partial charge on any atom is 0.488 e. The first-order chi connectivity index (χ1) is 8.06. The quantitative estimate of drug-likeness (QED) is 0.732. The lowest BCUT2D eigenvalue weighted by Crippen LogP contribution is -2.29. The van der Waals surface area contributed by atoms with Crippen LogP contribution in [0, 0.1) is 13.8 Å². The van der Waals surface area contributed by atoms with Gasteiger partial charge in [0.25, 0.3) is 0 Å². The van der Waals surface area contributed by atoms with E-state index < -0.39 is 7.12 Å². The topological polar surface area (TPSA) is 66.2 Å². The normalized spacial score (nSPS) is 10.4. The van der Waals surface area contributed by atoms with Gasteiger partial charge in [0.1, 0.15) is 5.82 Å². The molecule has 0 aliphatic carbocycles. The first-order valence-corrected chi connectivity index (χ1v) is 5.35. The Morgan fingerprint density at radius 3 is 2.18 bits per heavy atom. The standard InChI is InChI=1S/C12H13BN2O2/c1-8-7-12(15-9(2)14-8)10-3-5-11(6-4-10)13(16)17/h3-7,16-17H,1-2H3. The molecule has 1 aromatic carbocycles. The Morgan fingerprint density at radius 2 is 1.65 bits per heavy atom. The van der Waals surface area contributed by atoms with Gasteiger partial charge in [0.05, 0.1) is 5.69 Å². The van der Waals surface area contributed by atoms with Crippen LogP contribution in [0.15, 0.2) is 30.3 Å². The van der Waals surface area contributed by atoms with Crippen LogP contribution in [0.5, 0.6) is 0 Å². The SMILES string of the molecule is Cc1cc(-c2ccc(B(O)O)cc2)nc(C)n1. The van der Waals surface area contributed by atoms with Crippen LogP contribution < -0.4 is 5.46 Å². The molecule has 0 amide bonds. The molecule has 0 bridgehead atoms. The molecule has 5 heteroatoms. The van der Waals surface area contributed by atoms with Crippen molar-refractivity contribution in [3.8, 4) is 11.3 Å². The van der Waals surface area contributed by atoms with E-state index >= 15 is 0 Å². The summed E-state index contributed by atoms with van der Waals surface area (Å²) in [6.45, 7) is 3.77. The van der Waals surface area contributed by atoms with E-state index in [2.05, 4.69) is 9.97 Å². The van der Waals surface area contributed by atoms with Crippen LogP contribution in [-0.2, 0) is 0 Å². The third-order valence-corrected chi connectivity index (χ3v) is 2.47. The van der Waals surface area contributed by atoms with Gasteiger partial charge in [-0.25, -0.2) is 9.97 Å². The molecule has 0 saturated carbocycles. The van der Waals surface area contributed by atoms with E-state index in [-0.39, 0.29) is 0 Å². The Bertz CT molecular complexity index is 506. The summed E-state index contributed by atoms with van der Waals surface area (Å²) in [6.07, 6.45) is 0. The van der Waals surface area contributed by atoms with Crippen molar-refractivity contribution in [3.63, 3.8) is 0 Å². The molecule has 2 rings (SSSR count). The van der Waals surface area contributed by atoms with Crippen molar-refractivity contribution in [2.24, 2.45) is 0 Å². The van der Waals surface area contributed by atoms with Gasteiger partial charge >= 0.3 is 7.12 Å². The van der Waals surface area contributed by atoms with Crippen LogP contribution >= 0.6 is 0 Å². The number of aromatic nitrogens is 2. The van der Waals surface area contributed by atoms with Crippen LogP contribution in [0.2, 0.25) is 0 Å². The minimum Gasteiger partial charge on any atom is -0.423 e. The molecule has 0 aliphatic heterocycles. The van der Waals surface area contributed by atoms with Gasteiger partial charge in [0.2, 0.25) is 0 Å². The van der Waals surface area contributed by atoms with Crippen molar-refractivity contribution in [2.75, 3.05) is 0 Å². The van der Waals surface area contributed by atoms with Gasteiger partial charge in [0, 0.05) is 11.3 Å². The van der Waals surface area contributed by atoms with Gasteiger partial charge in [-0.05, 0) is 25.4 Å². The molecular weight excluding hydrogens is 215 g/mol. The molecular formula is C12H13BN2O2. The minimum absolute atomic E-state index is 0.469. The first-order valence-electron chi connectivity index (χ1n) is 5.35. The zero-order chi connectivity index (χ0) is 12.4. The molecule has 0 radical (unpaired) electrons. The summed E-state index contributed by atoms with van der Waals surface area (Å²) in [6, 6.07) is 8.88. The van der Waals surface area contributed by atoms with Crippen molar-refractivity contribution in [1.29, 1.82) is 0 Å². The maximum atomic E-state index is 9.00. The smallest absolute Gasteiger partial charge is 0.423 e. The molecule has 0 unspecified atom stereocenters. The highest BCUT2D eigenvalue weighted by molar-refractivity contribution is 6.58. The predicted molar refractivity (Wildman–Crippen MR) is 66.8 cm³/mol. The molecule has 0 saturated heterocycles. The summed E-state index contributed by atoms with van der Waals surface area (Å²) in [4.78, 5) is 8.56. The van der Waals surface area contributed by atoms with Crippen LogP contribution in [0.1, 0.15) is 11.5 Å². The molecule has 17 heavy (non-hydrogen) atoms. The number of benzene rings is 1. The Labute approximate surface area is 100 Å². The summed E-state index contributed by atoms with van der Waals surface area (Å²) in [5, 5.41) is 18.0. The highest BCUT2D eigenvalue weighted by Gasteiger charge is 2.10. The first kappa shape index (κ1) is 11.8. The molecule has 1 aromatic heterocycles. The summed E-state index contributed by atoms with van der Waals surface area (Å²) in [5.41, 5.74) is 3.16. The van der Waals surface area contributed by atoms with E-state index in [1.165, 1.54) is 0 Å². The van der Waals surface area contributed by atoms with Crippen molar-refractivity contribution >= 4 is 12.6 Å². The summed E-state index contributed by atoms with van der Waals surface area (Å²) < 4.78 is 0. The molecule has 2 N–H and O–H groups in total. The number of nitrogens with zero attached hydrogens (tertiary/aromatic N) is 2. The fourth-order valence-electron chi connectivity index (χ4n) is 1.69. The van der Waals surface area contributed by atoms with Crippen LogP contribution in [0.25, 0.3) is 11.3 Å². The van der Waals surface area contributed by atoms with E-state index in [4.69, 9.17) is 10.0 Å². The van der Waals surface area contributed by atoms with E-state index in [9.17, 15) is 0 Å². The van der Waals surface area contributed by atoms with Crippen LogP contribution in [-0.4, -0.2) is 27.1 Å². The second-order valence-electron chi connectivity index (χ2n) is 3.94. The average Bonchev–Trinajstić information content (AvgIpc) is 2.28. The number of rotatable bonds is 2. The monoisotopic (exact) mass is 228 g/mol. The van der Waals surface area contributed by atoms with Crippen LogP contribution in [0.4, 0.5) is 0 Å². The van der Waals surface area contributed by atoms with Crippen molar-refractivity contribution < 1.29 is 10.0 Å². The zero-order valence-electron chi connectivity index (χ0n) is 9.75. The van der Waals surface area contributed by atoms with E-state index in [0.29, 0.717) is 5.46 Å². The summed E-state index contributed by atoms with van der Waals surface area (Å²) >= 11 is 0. The number of hydrogen-bond acceptors (Lipinski definition) is 4. The van der Waals surface area contributed by atoms with Gasteiger partial charge in [-0.1, -0.05) is 24.3 Å². The summed E-state index contributed by atoms with van der Waals surface area (Å²) in [5.74, 6) is 0.728. The minimum atomic E-state index is -1.43. The largest absolute Gasteiger partial charge is 0.488 e. The highest BCUT2D eigenvalue weighted by Crippen LogP contribution is 2.16. The zero-order valence-corrected chi connectivity index (χ0v) is 9.75. The van der Waals surface area contributed by atoms with Gasteiger partial charge in [0.15, 0.2) is 0 Å². The van der Waals surface area contributed by atoms with E-state index in [1.807, 2.05) is 32.0 Å². The van der Waals surface area contributed by atoms with Crippen molar-refractivity contribution in [2.45, 2.75) is 13.8 Å². The van der Waals surface area contributed by atoms with Gasteiger partial charge in [-0.15, -0.1) is 0 Å².